The second-order valence-electron chi connectivity index (χ2n) is 8.23. The lowest BCUT2D eigenvalue weighted by molar-refractivity contribution is -0.130. The first-order valence-electron chi connectivity index (χ1n) is 11.2. The number of aryl methyl sites for hydroxylation is 2. The highest BCUT2D eigenvalue weighted by Crippen LogP contribution is 2.22. The lowest BCUT2D eigenvalue weighted by Gasteiger charge is -2.22. The van der Waals surface area contributed by atoms with Gasteiger partial charge >= 0.3 is 0 Å². The van der Waals surface area contributed by atoms with Crippen molar-refractivity contribution in [3.8, 4) is 0 Å². The summed E-state index contributed by atoms with van der Waals surface area (Å²) >= 11 is 0. The van der Waals surface area contributed by atoms with E-state index in [0.29, 0.717) is 32.2 Å². The average Bonchev–Trinajstić information content (AvgIpc) is 3.10. The Balaban J connectivity index is 1.62. The van der Waals surface area contributed by atoms with Gasteiger partial charge in [0, 0.05) is 38.5 Å². The van der Waals surface area contributed by atoms with E-state index in [1.54, 1.807) is 17.9 Å². The number of amides is 3. The highest BCUT2D eigenvalue weighted by Gasteiger charge is 2.24. The molecular weight excluding hydrogens is 384 g/mol. The molecule has 168 valence electrons. The van der Waals surface area contributed by atoms with Crippen LogP contribution in [-0.2, 0) is 27.9 Å². The number of aromatic nitrogens is 3. The number of nitrogens with zero attached hydrogens (tertiary/aromatic N) is 3. The molecular formula is C21H36N6O3. The van der Waals surface area contributed by atoms with Crippen LogP contribution in [0.1, 0.15) is 76.3 Å². The van der Waals surface area contributed by atoms with Crippen molar-refractivity contribution >= 4 is 17.7 Å². The van der Waals surface area contributed by atoms with Crippen LogP contribution in [0, 0.1) is 5.92 Å². The van der Waals surface area contributed by atoms with E-state index in [2.05, 4.69) is 20.9 Å². The van der Waals surface area contributed by atoms with Gasteiger partial charge in [-0.25, -0.2) is 0 Å². The molecule has 0 saturated heterocycles. The van der Waals surface area contributed by atoms with Crippen molar-refractivity contribution in [1.82, 2.24) is 25.6 Å². The Bertz CT molecular complexity index is 682. The highest BCUT2D eigenvalue weighted by atomic mass is 16.2. The van der Waals surface area contributed by atoms with E-state index in [9.17, 15) is 14.4 Å². The predicted molar refractivity (Wildman–Crippen MR) is 113 cm³/mol. The SMILES string of the molecule is Cn1cc(CCC(=O)NCCCC[C@H](NC(=O)C2CCCCCCC2)C(N)=O)nn1. The van der Waals surface area contributed by atoms with Crippen molar-refractivity contribution in [2.24, 2.45) is 18.7 Å². The van der Waals surface area contributed by atoms with Gasteiger partial charge in [-0.15, -0.1) is 5.10 Å². The molecule has 2 rings (SSSR count). The van der Waals surface area contributed by atoms with Gasteiger partial charge in [0.1, 0.15) is 6.04 Å². The molecule has 4 N–H and O–H groups in total. The maximum atomic E-state index is 12.6. The molecule has 0 radical (unpaired) electrons. The lowest BCUT2D eigenvalue weighted by Crippen LogP contribution is -2.46. The fraction of sp³-hybridized carbons (Fsp3) is 0.762. The molecule has 1 fully saturated rings. The summed E-state index contributed by atoms with van der Waals surface area (Å²) < 4.78 is 1.61. The van der Waals surface area contributed by atoms with Gasteiger partial charge in [0.2, 0.25) is 17.7 Å². The van der Waals surface area contributed by atoms with Crippen molar-refractivity contribution in [2.45, 2.75) is 83.1 Å². The summed E-state index contributed by atoms with van der Waals surface area (Å²) in [6.45, 7) is 0.529. The molecule has 1 aliphatic carbocycles. The Hall–Kier alpha value is -2.45. The van der Waals surface area contributed by atoms with E-state index in [0.717, 1.165) is 37.8 Å². The van der Waals surface area contributed by atoms with Gasteiger partial charge in [0.05, 0.1) is 5.69 Å². The van der Waals surface area contributed by atoms with Gasteiger partial charge in [0.25, 0.3) is 0 Å². The third kappa shape index (κ3) is 8.92. The number of rotatable bonds is 11. The molecule has 1 aliphatic rings. The zero-order valence-corrected chi connectivity index (χ0v) is 18.1. The summed E-state index contributed by atoms with van der Waals surface area (Å²) in [5, 5.41) is 13.5. The monoisotopic (exact) mass is 420 g/mol. The topological polar surface area (TPSA) is 132 Å². The predicted octanol–water partition coefficient (Wildman–Crippen LogP) is 1.36. The zero-order valence-electron chi connectivity index (χ0n) is 18.1. The summed E-state index contributed by atoms with van der Waals surface area (Å²) in [7, 11) is 1.79. The van der Waals surface area contributed by atoms with E-state index in [4.69, 9.17) is 5.73 Å². The summed E-state index contributed by atoms with van der Waals surface area (Å²) in [6.07, 6.45) is 12.1. The van der Waals surface area contributed by atoms with Crippen LogP contribution >= 0.6 is 0 Å². The molecule has 3 amide bonds. The van der Waals surface area contributed by atoms with E-state index in [1.807, 2.05) is 0 Å². The second-order valence-corrected chi connectivity index (χ2v) is 8.23. The van der Waals surface area contributed by atoms with Crippen LogP contribution in [0.2, 0.25) is 0 Å². The first-order chi connectivity index (χ1) is 14.5. The normalized spacial score (nSPS) is 16.3. The van der Waals surface area contributed by atoms with E-state index in [-0.39, 0.29) is 17.7 Å². The van der Waals surface area contributed by atoms with Crippen molar-refractivity contribution < 1.29 is 14.4 Å². The van der Waals surface area contributed by atoms with Crippen molar-refractivity contribution in [2.75, 3.05) is 6.54 Å². The largest absolute Gasteiger partial charge is 0.368 e. The standard InChI is InChI=1S/C21H36N6O3/c1-27-15-17(25-26-27)12-13-19(28)23-14-8-7-11-18(20(22)29)24-21(30)16-9-5-3-2-4-6-10-16/h15-16,18H,2-14H2,1H3,(H2,22,29)(H,23,28)(H,24,30)/t18-/m0/s1. The average molecular weight is 421 g/mol. The first kappa shape index (κ1) is 23.8. The molecule has 0 aromatic carbocycles. The molecule has 1 aromatic heterocycles. The number of nitrogens with two attached hydrogens (primary N) is 1. The minimum atomic E-state index is -0.643. The Morgan fingerprint density at radius 3 is 2.50 bits per heavy atom. The molecule has 30 heavy (non-hydrogen) atoms. The zero-order chi connectivity index (χ0) is 21.8. The molecule has 1 atom stereocenters. The Kier molecular flexibility index (Phi) is 10.3. The lowest BCUT2D eigenvalue weighted by atomic mass is 9.90. The third-order valence-corrected chi connectivity index (χ3v) is 5.64. The molecule has 9 heteroatoms. The maximum Gasteiger partial charge on any atom is 0.239 e. The fourth-order valence-corrected chi connectivity index (χ4v) is 3.83. The van der Waals surface area contributed by atoms with Crippen molar-refractivity contribution in [1.29, 1.82) is 0 Å². The number of carbonyl (C=O) groups is 3. The summed E-state index contributed by atoms with van der Waals surface area (Å²) in [4.78, 5) is 36.2. The molecule has 1 saturated carbocycles. The molecule has 0 bridgehead atoms. The van der Waals surface area contributed by atoms with Gasteiger partial charge in [-0.1, -0.05) is 37.3 Å². The maximum absolute atomic E-state index is 12.6. The Labute approximate surface area is 178 Å². The van der Waals surface area contributed by atoms with Crippen LogP contribution in [0.15, 0.2) is 6.20 Å². The smallest absolute Gasteiger partial charge is 0.239 e. The van der Waals surface area contributed by atoms with Gasteiger partial charge in [-0.05, 0) is 32.1 Å². The minimum Gasteiger partial charge on any atom is -0.368 e. The molecule has 0 spiro atoms. The summed E-state index contributed by atoms with van der Waals surface area (Å²) in [5.41, 5.74) is 6.28. The highest BCUT2D eigenvalue weighted by molar-refractivity contribution is 5.87. The number of carbonyl (C=O) groups excluding carboxylic acids is 3. The van der Waals surface area contributed by atoms with Crippen molar-refractivity contribution in [3.63, 3.8) is 0 Å². The van der Waals surface area contributed by atoms with Gasteiger partial charge in [0.15, 0.2) is 0 Å². The number of nitrogens with one attached hydrogen (secondary N) is 2. The van der Waals surface area contributed by atoms with Crippen LogP contribution in [0.25, 0.3) is 0 Å². The van der Waals surface area contributed by atoms with Crippen molar-refractivity contribution in [3.05, 3.63) is 11.9 Å². The fourth-order valence-electron chi connectivity index (χ4n) is 3.83. The third-order valence-electron chi connectivity index (χ3n) is 5.64. The van der Waals surface area contributed by atoms with Gasteiger partial charge in [-0.2, -0.15) is 0 Å². The van der Waals surface area contributed by atoms with E-state index < -0.39 is 11.9 Å². The van der Waals surface area contributed by atoms with Crippen LogP contribution in [0.4, 0.5) is 0 Å². The van der Waals surface area contributed by atoms with E-state index >= 15 is 0 Å². The molecule has 0 aliphatic heterocycles. The second kappa shape index (κ2) is 13.0. The Morgan fingerprint density at radius 2 is 1.87 bits per heavy atom. The summed E-state index contributed by atoms with van der Waals surface area (Å²) in [5.74, 6) is -0.592. The first-order valence-corrected chi connectivity index (χ1v) is 11.2. The molecule has 1 heterocycles. The number of hydrogen-bond acceptors (Lipinski definition) is 5. The minimum absolute atomic E-state index is 0.0132. The molecule has 1 aromatic rings. The van der Waals surface area contributed by atoms with Gasteiger partial charge in [-0.3, -0.25) is 19.1 Å². The van der Waals surface area contributed by atoms with Crippen LogP contribution in [-0.4, -0.2) is 45.3 Å². The molecule has 0 unspecified atom stereocenters. The number of unbranched alkanes of at least 4 members (excludes halogenated alkanes) is 1. The number of primary amides is 1. The Morgan fingerprint density at radius 1 is 1.17 bits per heavy atom. The van der Waals surface area contributed by atoms with Gasteiger partial charge < -0.3 is 16.4 Å². The summed E-state index contributed by atoms with van der Waals surface area (Å²) in [6, 6.07) is -0.643. The quantitative estimate of drug-likeness (QED) is 0.465. The van der Waals surface area contributed by atoms with Crippen LogP contribution in [0.5, 0.6) is 0 Å². The van der Waals surface area contributed by atoms with Crippen LogP contribution < -0.4 is 16.4 Å². The van der Waals surface area contributed by atoms with Crippen LogP contribution in [0.3, 0.4) is 0 Å². The van der Waals surface area contributed by atoms with E-state index in [1.165, 1.54) is 19.3 Å². The number of hydrogen-bond donors (Lipinski definition) is 3. The molecule has 9 nitrogen and oxygen atoms in total.